The van der Waals surface area contributed by atoms with Crippen LogP contribution in [-0.2, 0) is 5.54 Å². The second kappa shape index (κ2) is 7.02. The second-order valence-corrected chi connectivity index (χ2v) is 8.71. The molecule has 1 saturated carbocycles. The van der Waals surface area contributed by atoms with E-state index in [9.17, 15) is 9.18 Å². The Labute approximate surface area is 175 Å². The molecule has 3 aromatic heterocycles. The van der Waals surface area contributed by atoms with E-state index < -0.39 is 5.54 Å². The predicted molar refractivity (Wildman–Crippen MR) is 110 cm³/mol. The van der Waals surface area contributed by atoms with Crippen molar-refractivity contribution < 1.29 is 13.7 Å². The van der Waals surface area contributed by atoms with Crippen LogP contribution in [0, 0.1) is 19.7 Å². The lowest BCUT2D eigenvalue weighted by Gasteiger charge is -2.26. The number of hydrogen-bond donors (Lipinski definition) is 1. The summed E-state index contributed by atoms with van der Waals surface area (Å²) in [4.78, 5) is 19.0. The van der Waals surface area contributed by atoms with Gasteiger partial charge >= 0.3 is 0 Å². The van der Waals surface area contributed by atoms with Gasteiger partial charge in [0.1, 0.15) is 16.2 Å². The molecule has 1 amide bonds. The first-order chi connectivity index (χ1) is 14.4. The summed E-state index contributed by atoms with van der Waals surface area (Å²) in [5.41, 5.74) is 0.968. The van der Waals surface area contributed by atoms with Crippen molar-refractivity contribution >= 4 is 27.5 Å². The van der Waals surface area contributed by atoms with Crippen LogP contribution in [-0.4, -0.2) is 25.8 Å². The van der Waals surface area contributed by atoms with Gasteiger partial charge in [-0.2, -0.15) is 10.1 Å². The first kappa shape index (κ1) is 18.9. The molecular formula is C21H20FN5O2S. The number of halogens is 1. The Hall–Kier alpha value is -3.07. The highest BCUT2D eigenvalue weighted by molar-refractivity contribution is 7.20. The molecule has 9 heteroatoms. The molecule has 1 aliphatic carbocycles. The smallest absolute Gasteiger partial charge is 0.262 e. The van der Waals surface area contributed by atoms with Crippen molar-refractivity contribution in [1.29, 1.82) is 0 Å². The molecule has 30 heavy (non-hydrogen) atoms. The molecule has 154 valence electrons. The Kier molecular flexibility index (Phi) is 4.43. The third kappa shape index (κ3) is 3.09. The number of hydrogen-bond acceptors (Lipinski definition) is 6. The lowest BCUT2D eigenvalue weighted by Crippen LogP contribution is -2.44. The molecule has 0 aliphatic heterocycles. The van der Waals surface area contributed by atoms with Crippen LogP contribution >= 0.6 is 11.3 Å². The molecule has 0 radical (unpaired) electrons. The lowest BCUT2D eigenvalue weighted by molar-refractivity contribution is 0.0896. The van der Waals surface area contributed by atoms with Crippen LogP contribution in [0.25, 0.3) is 15.9 Å². The van der Waals surface area contributed by atoms with E-state index in [2.05, 4.69) is 20.6 Å². The molecule has 0 atom stereocenters. The van der Waals surface area contributed by atoms with Crippen molar-refractivity contribution in [2.45, 2.75) is 45.1 Å². The summed E-state index contributed by atoms with van der Waals surface area (Å²) >= 11 is 1.36. The summed E-state index contributed by atoms with van der Waals surface area (Å²) in [7, 11) is 0. The van der Waals surface area contributed by atoms with Crippen LogP contribution in [0.2, 0.25) is 0 Å². The monoisotopic (exact) mass is 425 g/mol. The van der Waals surface area contributed by atoms with Crippen molar-refractivity contribution in [3.05, 3.63) is 58.4 Å². The standard InChI is InChI=1S/C21H20FN5O2S/c1-12-16-11-17(30-19(16)27(25-12)15-7-5-14(22)6-8-15)18(28)24-21(9-3-4-10-21)20-23-13(2)29-26-20/h5-8,11H,3-4,9-10H2,1-2H3,(H,24,28). The van der Waals surface area contributed by atoms with Crippen molar-refractivity contribution in [2.24, 2.45) is 0 Å². The Bertz CT molecular complexity index is 1230. The van der Waals surface area contributed by atoms with Gasteiger partial charge in [0, 0.05) is 12.3 Å². The zero-order valence-corrected chi connectivity index (χ0v) is 17.4. The maximum Gasteiger partial charge on any atom is 0.262 e. The van der Waals surface area contributed by atoms with E-state index in [4.69, 9.17) is 4.52 Å². The average Bonchev–Trinajstić information content (AvgIpc) is 3.49. The lowest BCUT2D eigenvalue weighted by atomic mass is 9.96. The van der Waals surface area contributed by atoms with Gasteiger partial charge in [0.2, 0.25) is 5.89 Å². The molecular weight excluding hydrogens is 405 g/mol. The minimum Gasteiger partial charge on any atom is -0.340 e. The molecule has 0 spiro atoms. The summed E-state index contributed by atoms with van der Waals surface area (Å²) in [6.45, 7) is 3.65. The molecule has 0 unspecified atom stereocenters. The minimum atomic E-state index is -0.594. The van der Waals surface area contributed by atoms with Gasteiger partial charge in [-0.15, -0.1) is 11.3 Å². The van der Waals surface area contributed by atoms with Gasteiger partial charge in [-0.05, 0) is 50.1 Å². The van der Waals surface area contributed by atoms with Gasteiger partial charge in [0.05, 0.1) is 16.3 Å². The first-order valence-corrected chi connectivity index (χ1v) is 10.7. The molecule has 1 aromatic carbocycles. The molecule has 7 nitrogen and oxygen atoms in total. The molecule has 1 fully saturated rings. The number of carbonyl (C=O) groups excluding carboxylic acids is 1. The van der Waals surface area contributed by atoms with Crippen molar-refractivity contribution in [3.63, 3.8) is 0 Å². The third-order valence-corrected chi connectivity index (χ3v) is 6.71. The van der Waals surface area contributed by atoms with Gasteiger partial charge < -0.3 is 9.84 Å². The third-order valence-electron chi connectivity index (χ3n) is 5.61. The Morgan fingerprint density at radius 2 is 1.97 bits per heavy atom. The van der Waals surface area contributed by atoms with Crippen molar-refractivity contribution in [3.8, 4) is 5.69 Å². The molecule has 4 aromatic rings. The highest BCUT2D eigenvalue weighted by Crippen LogP contribution is 2.38. The SMILES string of the molecule is Cc1nc(C2(NC(=O)c3cc4c(C)nn(-c5ccc(F)cc5)c4s3)CCCC2)no1. The van der Waals surface area contributed by atoms with Crippen molar-refractivity contribution in [1.82, 2.24) is 25.2 Å². The maximum atomic E-state index is 13.3. The van der Waals surface area contributed by atoms with Crippen LogP contribution in [0.5, 0.6) is 0 Å². The van der Waals surface area contributed by atoms with E-state index >= 15 is 0 Å². The highest BCUT2D eigenvalue weighted by Gasteiger charge is 2.41. The first-order valence-electron chi connectivity index (χ1n) is 9.84. The number of aryl methyl sites for hydroxylation is 2. The van der Waals surface area contributed by atoms with Gasteiger partial charge in [-0.1, -0.05) is 18.0 Å². The zero-order chi connectivity index (χ0) is 20.9. The quantitative estimate of drug-likeness (QED) is 0.523. The fraction of sp³-hybridized carbons (Fsp3) is 0.333. The number of rotatable bonds is 4. The number of benzene rings is 1. The molecule has 1 aliphatic rings. The molecule has 3 heterocycles. The number of nitrogens with one attached hydrogen (secondary N) is 1. The topological polar surface area (TPSA) is 85.8 Å². The number of carbonyl (C=O) groups is 1. The van der Waals surface area contributed by atoms with Crippen LogP contribution in [0.1, 0.15) is 52.8 Å². The summed E-state index contributed by atoms with van der Waals surface area (Å²) in [5, 5.41) is 12.7. The molecule has 1 N–H and O–H groups in total. The number of fused-ring (bicyclic) bond motifs is 1. The summed E-state index contributed by atoms with van der Waals surface area (Å²) in [6.07, 6.45) is 3.56. The van der Waals surface area contributed by atoms with Crippen LogP contribution in [0.3, 0.4) is 0 Å². The molecule has 0 bridgehead atoms. The van der Waals surface area contributed by atoms with Crippen LogP contribution in [0.4, 0.5) is 4.39 Å². The highest BCUT2D eigenvalue weighted by atomic mass is 32.1. The van der Waals surface area contributed by atoms with E-state index in [1.54, 1.807) is 23.7 Å². The number of thiophene rings is 1. The average molecular weight is 425 g/mol. The molecule has 0 saturated heterocycles. The number of amides is 1. The van der Waals surface area contributed by atoms with Crippen LogP contribution < -0.4 is 5.32 Å². The Morgan fingerprint density at radius 1 is 1.23 bits per heavy atom. The fourth-order valence-corrected chi connectivity index (χ4v) is 5.15. The van der Waals surface area contributed by atoms with Crippen LogP contribution in [0.15, 0.2) is 34.9 Å². The Morgan fingerprint density at radius 3 is 2.63 bits per heavy atom. The van der Waals surface area contributed by atoms with E-state index in [-0.39, 0.29) is 11.7 Å². The van der Waals surface area contributed by atoms with Gasteiger partial charge in [-0.25, -0.2) is 9.07 Å². The fourth-order valence-electron chi connectivity index (χ4n) is 4.07. The number of nitrogens with zero attached hydrogens (tertiary/aromatic N) is 4. The van der Waals surface area contributed by atoms with Gasteiger partial charge in [-0.3, -0.25) is 4.79 Å². The normalized spacial score (nSPS) is 15.7. The largest absolute Gasteiger partial charge is 0.340 e. The van der Waals surface area contributed by atoms with Gasteiger partial charge in [0.15, 0.2) is 5.82 Å². The summed E-state index contributed by atoms with van der Waals surface area (Å²) in [5.74, 6) is 0.567. The van der Waals surface area contributed by atoms with E-state index in [0.717, 1.165) is 47.3 Å². The summed E-state index contributed by atoms with van der Waals surface area (Å²) in [6, 6.07) is 8.01. The van der Waals surface area contributed by atoms with Gasteiger partial charge in [0.25, 0.3) is 5.91 Å². The molecule has 5 rings (SSSR count). The van der Waals surface area contributed by atoms with Crippen molar-refractivity contribution in [2.75, 3.05) is 0 Å². The van der Waals surface area contributed by atoms with E-state index in [1.165, 1.54) is 23.5 Å². The number of aromatic nitrogens is 4. The Balaban J connectivity index is 1.49. The second-order valence-electron chi connectivity index (χ2n) is 7.68. The zero-order valence-electron chi connectivity index (χ0n) is 16.6. The van der Waals surface area contributed by atoms with E-state index in [0.29, 0.717) is 16.6 Å². The minimum absolute atomic E-state index is 0.161. The summed E-state index contributed by atoms with van der Waals surface area (Å²) < 4.78 is 20.2. The van der Waals surface area contributed by atoms with E-state index in [1.807, 2.05) is 13.0 Å². The predicted octanol–water partition coefficient (Wildman–Crippen LogP) is 4.43. The maximum absolute atomic E-state index is 13.3.